The Kier molecular flexibility index (Phi) is 6.77. The Bertz CT molecular complexity index is 682. The summed E-state index contributed by atoms with van der Waals surface area (Å²) in [5, 5.41) is 5.75. The Balaban J connectivity index is 1.78. The van der Waals surface area contributed by atoms with Crippen LogP contribution in [0.2, 0.25) is 0 Å². The molecule has 0 radical (unpaired) electrons. The van der Waals surface area contributed by atoms with Crippen molar-refractivity contribution in [2.75, 3.05) is 33.1 Å². The molecule has 0 unspecified atom stereocenters. The van der Waals surface area contributed by atoms with Crippen LogP contribution in [0.4, 0.5) is 10.6 Å². The maximum Gasteiger partial charge on any atom is 0.315 e. The SMILES string of the molecule is CN(C)Cc1ccc(CNC(=O)NCc2ccnc(N(C)C)c2)cc1. The van der Waals surface area contributed by atoms with Crippen molar-refractivity contribution in [1.29, 1.82) is 0 Å². The fourth-order valence-electron chi connectivity index (χ4n) is 2.37. The quantitative estimate of drug-likeness (QED) is 0.811. The van der Waals surface area contributed by atoms with Gasteiger partial charge in [0.1, 0.15) is 5.82 Å². The Morgan fingerprint density at radius 1 is 0.920 bits per heavy atom. The van der Waals surface area contributed by atoms with E-state index in [2.05, 4.69) is 32.7 Å². The molecule has 0 fully saturated rings. The topological polar surface area (TPSA) is 60.5 Å². The molecule has 0 aliphatic heterocycles. The largest absolute Gasteiger partial charge is 0.363 e. The van der Waals surface area contributed by atoms with Gasteiger partial charge in [0, 0.05) is 39.9 Å². The molecule has 2 amide bonds. The van der Waals surface area contributed by atoms with Crippen LogP contribution in [0.5, 0.6) is 0 Å². The van der Waals surface area contributed by atoms with Gasteiger partial charge in [0.2, 0.25) is 0 Å². The minimum absolute atomic E-state index is 0.180. The lowest BCUT2D eigenvalue weighted by atomic mass is 10.1. The highest BCUT2D eigenvalue weighted by atomic mass is 16.2. The van der Waals surface area contributed by atoms with Crippen molar-refractivity contribution >= 4 is 11.8 Å². The van der Waals surface area contributed by atoms with Gasteiger partial charge < -0.3 is 20.4 Å². The van der Waals surface area contributed by atoms with Crippen LogP contribution >= 0.6 is 0 Å². The molecule has 1 aromatic heterocycles. The van der Waals surface area contributed by atoms with Crippen LogP contribution in [0.25, 0.3) is 0 Å². The van der Waals surface area contributed by atoms with Crippen molar-refractivity contribution in [2.45, 2.75) is 19.6 Å². The monoisotopic (exact) mass is 341 g/mol. The third kappa shape index (κ3) is 6.43. The summed E-state index contributed by atoms with van der Waals surface area (Å²) >= 11 is 0. The normalized spacial score (nSPS) is 10.6. The third-order valence-electron chi connectivity index (χ3n) is 3.70. The number of urea groups is 1. The van der Waals surface area contributed by atoms with E-state index in [1.54, 1.807) is 6.20 Å². The summed E-state index contributed by atoms with van der Waals surface area (Å²) in [6.45, 7) is 1.89. The molecular formula is C19H27N5O. The first kappa shape index (κ1) is 18.7. The Morgan fingerprint density at radius 3 is 2.12 bits per heavy atom. The highest BCUT2D eigenvalue weighted by Gasteiger charge is 2.03. The molecule has 2 aromatic rings. The number of pyridine rings is 1. The minimum Gasteiger partial charge on any atom is -0.363 e. The minimum atomic E-state index is -0.180. The van der Waals surface area contributed by atoms with Crippen molar-refractivity contribution < 1.29 is 4.79 Å². The molecule has 25 heavy (non-hydrogen) atoms. The number of aromatic nitrogens is 1. The van der Waals surface area contributed by atoms with Gasteiger partial charge in [-0.1, -0.05) is 24.3 Å². The Labute approximate surface area is 149 Å². The number of hydrogen-bond donors (Lipinski definition) is 2. The van der Waals surface area contributed by atoms with Gasteiger partial charge in [-0.2, -0.15) is 0 Å². The molecule has 6 nitrogen and oxygen atoms in total. The highest BCUT2D eigenvalue weighted by Crippen LogP contribution is 2.09. The van der Waals surface area contributed by atoms with Crippen molar-refractivity contribution in [3.8, 4) is 0 Å². The predicted molar refractivity (Wildman–Crippen MR) is 101 cm³/mol. The summed E-state index contributed by atoms with van der Waals surface area (Å²) in [4.78, 5) is 20.3. The van der Waals surface area contributed by atoms with Crippen molar-refractivity contribution in [2.24, 2.45) is 0 Å². The number of nitrogens with zero attached hydrogens (tertiary/aromatic N) is 3. The maximum absolute atomic E-state index is 12.0. The summed E-state index contributed by atoms with van der Waals surface area (Å²) in [5.74, 6) is 0.873. The highest BCUT2D eigenvalue weighted by molar-refractivity contribution is 5.73. The standard InChI is InChI=1S/C19H27N5O/c1-23(2)14-16-7-5-15(6-8-16)12-21-19(25)22-13-17-9-10-20-18(11-17)24(3)4/h5-11H,12-14H2,1-4H3,(H2,21,22,25). The van der Waals surface area contributed by atoms with Gasteiger partial charge in [-0.05, 0) is 42.9 Å². The van der Waals surface area contributed by atoms with Crippen LogP contribution in [-0.4, -0.2) is 44.1 Å². The van der Waals surface area contributed by atoms with E-state index in [0.717, 1.165) is 23.5 Å². The summed E-state index contributed by atoms with van der Waals surface area (Å²) in [7, 11) is 7.97. The molecule has 134 valence electrons. The zero-order chi connectivity index (χ0) is 18.2. The Morgan fingerprint density at radius 2 is 1.52 bits per heavy atom. The van der Waals surface area contributed by atoms with Crippen molar-refractivity contribution in [3.63, 3.8) is 0 Å². The van der Waals surface area contributed by atoms with Crippen LogP contribution in [0.1, 0.15) is 16.7 Å². The van der Waals surface area contributed by atoms with E-state index < -0.39 is 0 Å². The molecule has 0 bridgehead atoms. The second kappa shape index (κ2) is 9.03. The fourth-order valence-corrected chi connectivity index (χ4v) is 2.37. The first-order chi connectivity index (χ1) is 11.9. The van der Waals surface area contributed by atoms with Crippen LogP contribution in [0.3, 0.4) is 0 Å². The summed E-state index contributed by atoms with van der Waals surface area (Å²) < 4.78 is 0. The first-order valence-electron chi connectivity index (χ1n) is 8.30. The fraction of sp³-hybridized carbons (Fsp3) is 0.368. The van der Waals surface area contributed by atoms with Crippen molar-refractivity contribution in [1.82, 2.24) is 20.5 Å². The van der Waals surface area contributed by atoms with Crippen LogP contribution in [0, 0.1) is 0 Å². The number of amides is 2. The molecule has 0 aliphatic carbocycles. The number of benzene rings is 1. The zero-order valence-corrected chi connectivity index (χ0v) is 15.4. The molecule has 0 aliphatic rings. The lowest BCUT2D eigenvalue weighted by Gasteiger charge is -2.13. The Hall–Kier alpha value is -2.60. The third-order valence-corrected chi connectivity index (χ3v) is 3.70. The molecule has 0 saturated heterocycles. The number of hydrogen-bond acceptors (Lipinski definition) is 4. The number of rotatable bonds is 7. The molecule has 6 heteroatoms. The average molecular weight is 341 g/mol. The van der Waals surface area contributed by atoms with Gasteiger partial charge in [-0.25, -0.2) is 9.78 Å². The van der Waals surface area contributed by atoms with Gasteiger partial charge in [0.25, 0.3) is 0 Å². The van der Waals surface area contributed by atoms with Crippen LogP contribution in [-0.2, 0) is 19.6 Å². The van der Waals surface area contributed by atoms with E-state index in [1.165, 1.54) is 5.56 Å². The second-order valence-corrected chi connectivity index (χ2v) is 6.51. The van der Waals surface area contributed by atoms with E-state index >= 15 is 0 Å². The van der Waals surface area contributed by atoms with Gasteiger partial charge in [0.05, 0.1) is 0 Å². The molecule has 1 aromatic carbocycles. The van der Waals surface area contributed by atoms with E-state index in [-0.39, 0.29) is 6.03 Å². The molecule has 1 heterocycles. The smallest absolute Gasteiger partial charge is 0.315 e. The maximum atomic E-state index is 12.0. The van der Waals surface area contributed by atoms with E-state index in [0.29, 0.717) is 13.1 Å². The number of carbonyl (C=O) groups is 1. The zero-order valence-electron chi connectivity index (χ0n) is 15.4. The molecular weight excluding hydrogens is 314 g/mol. The van der Waals surface area contributed by atoms with Crippen molar-refractivity contribution in [3.05, 3.63) is 59.3 Å². The number of nitrogens with one attached hydrogen (secondary N) is 2. The summed E-state index contributed by atoms with van der Waals surface area (Å²) in [6, 6.07) is 12.0. The van der Waals surface area contributed by atoms with Gasteiger partial charge in [-0.3, -0.25) is 0 Å². The molecule has 0 spiro atoms. The predicted octanol–water partition coefficient (Wildman–Crippen LogP) is 2.21. The van der Waals surface area contributed by atoms with Crippen LogP contribution < -0.4 is 15.5 Å². The number of carbonyl (C=O) groups excluding carboxylic acids is 1. The summed E-state index contributed by atoms with van der Waals surface area (Å²) in [6.07, 6.45) is 1.75. The van der Waals surface area contributed by atoms with E-state index in [4.69, 9.17) is 0 Å². The van der Waals surface area contributed by atoms with Gasteiger partial charge in [0.15, 0.2) is 0 Å². The van der Waals surface area contributed by atoms with E-state index in [1.807, 2.05) is 57.4 Å². The average Bonchev–Trinajstić information content (AvgIpc) is 2.59. The molecule has 2 N–H and O–H groups in total. The molecule has 0 atom stereocenters. The molecule has 2 rings (SSSR count). The van der Waals surface area contributed by atoms with Crippen LogP contribution in [0.15, 0.2) is 42.6 Å². The number of anilines is 1. The lowest BCUT2D eigenvalue weighted by Crippen LogP contribution is -2.34. The molecule has 0 saturated carbocycles. The first-order valence-corrected chi connectivity index (χ1v) is 8.30. The van der Waals surface area contributed by atoms with Gasteiger partial charge in [-0.15, -0.1) is 0 Å². The second-order valence-electron chi connectivity index (χ2n) is 6.51. The van der Waals surface area contributed by atoms with Gasteiger partial charge >= 0.3 is 6.03 Å². The lowest BCUT2D eigenvalue weighted by molar-refractivity contribution is 0.240. The summed E-state index contributed by atoms with van der Waals surface area (Å²) in [5.41, 5.74) is 3.35. The van der Waals surface area contributed by atoms with E-state index in [9.17, 15) is 4.79 Å².